The van der Waals surface area contributed by atoms with Crippen LogP contribution in [-0.2, 0) is 6.54 Å². The SMILES string of the molecule is CN(C(=O)c1cn2c(-c3ccc(CN)cc3)cnc2cn1)c1ccc(C#N)cc1. The van der Waals surface area contributed by atoms with Crippen LogP contribution < -0.4 is 10.6 Å². The van der Waals surface area contributed by atoms with Crippen LogP contribution in [-0.4, -0.2) is 27.3 Å². The number of nitriles is 1. The zero-order chi connectivity index (χ0) is 20.4. The summed E-state index contributed by atoms with van der Waals surface area (Å²) in [4.78, 5) is 23.1. The Morgan fingerprint density at radius 3 is 2.48 bits per heavy atom. The standard InChI is InChI=1S/C22H18N6O/c1-27(18-8-4-16(11-24)5-9-18)22(29)19-14-28-20(12-26-21(28)13-25-19)17-6-2-15(10-23)3-7-17/h2-9,12-14H,10,23H2,1H3. The van der Waals surface area contributed by atoms with Crippen LogP contribution in [0.1, 0.15) is 21.6 Å². The van der Waals surface area contributed by atoms with E-state index >= 15 is 0 Å². The predicted octanol–water partition coefficient (Wildman–Crippen LogP) is 3.00. The van der Waals surface area contributed by atoms with E-state index in [1.807, 2.05) is 28.7 Å². The molecule has 142 valence electrons. The summed E-state index contributed by atoms with van der Waals surface area (Å²) in [7, 11) is 1.68. The van der Waals surface area contributed by atoms with Crippen molar-refractivity contribution in [3.05, 3.63) is 83.9 Å². The van der Waals surface area contributed by atoms with Crippen molar-refractivity contribution in [3.63, 3.8) is 0 Å². The van der Waals surface area contributed by atoms with Crippen molar-refractivity contribution in [3.8, 4) is 17.3 Å². The molecular weight excluding hydrogens is 364 g/mol. The number of benzene rings is 2. The summed E-state index contributed by atoms with van der Waals surface area (Å²) in [6, 6.07) is 16.8. The number of rotatable bonds is 4. The van der Waals surface area contributed by atoms with Crippen LogP contribution in [0.2, 0.25) is 0 Å². The molecule has 0 aliphatic carbocycles. The molecular formula is C22H18N6O. The molecule has 29 heavy (non-hydrogen) atoms. The van der Waals surface area contributed by atoms with Crippen molar-refractivity contribution in [1.82, 2.24) is 14.4 Å². The maximum atomic E-state index is 12.9. The van der Waals surface area contributed by atoms with Crippen LogP contribution in [0.15, 0.2) is 67.1 Å². The molecule has 0 fully saturated rings. The molecule has 0 unspecified atom stereocenters. The van der Waals surface area contributed by atoms with Gasteiger partial charge in [-0.25, -0.2) is 9.97 Å². The molecule has 2 N–H and O–H groups in total. The van der Waals surface area contributed by atoms with Gasteiger partial charge < -0.3 is 10.6 Å². The number of hydrogen-bond donors (Lipinski definition) is 1. The van der Waals surface area contributed by atoms with E-state index in [0.29, 0.717) is 29.1 Å². The Morgan fingerprint density at radius 1 is 1.10 bits per heavy atom. The largest absolute Gasteiger partial charge is 0.326 e. The highest BCUT2D eigenvalue weighted by molar-refractivity contribution is 6.04. The molecule has 2 aromatic carbocycles. The third-order valence-electron chi connectivity index (χ3n) is 4.79. The van der Waals surface area contributed by atoms with Crippen molar-refractivity contribution >= 4 is 17.2 Å². The molecule has 1 amide bonds. The number of nitrogens with zero attached hydrogens (tertiary/aromatic N) is 5. The zero-order valence-electron chi connectivity index (χ0n) is 15.8. The van der Waals surface area contributed by atoms with Gasteiger partial charge in [0.05, 0.1) is 29.7 Å². The lowest BCUT2D eigenvalue weighted by Gasteiger charge is -2.17. The zero-order valence-corrected chi connectivity index (χ0v) is 15.8. The maximum absolute atomic E-state index is 12.9. The third-order valence-corrected chi connectivity index (χ3v) is 4.79. The number of carbonyl (C=O) groups is 1. The highest BCUT2D eigenvalue weighted by Gasteiger charge is 2.17. The summed E-state index contributed by atoms with van der Waals surface area (Å²) in [5.41, 5.74) is 10.7. The first kappa shape index (κ1) is 18.3. The van der Waals surface area contributed by atoms with E-state index in [1.54, 1.807) is 49.9 Å². The van der Waals surface area contributed by atoms with Gasteiger partial charge in [0.25, 0.3) is 5.91 Å². The van der Waals surface area contributed by atoms with E-state index in [4.69, 9.17) is 11.0 Å². The van der Waals surface area contributed by atoms with Gasteiger partial charge in [0, 0.05) is 31.0 Å². The van der Waals surface area contributed by atoms with Crippen LogP contribution in [0.5, 0.6) is 0 Å². The molecule has 7 nitrogen and oxygen atoms in total. The normalized spacial score (nSPS) is 10.7. The Morgan fingerprint density at radius 2 is 1.83 bits per heavy atom. The highest BCUT2D eigenvalue weighted by Crippen LogP contribution is 2.22. The fourth-order valence-electron chi connectivity index (χ4n) is 3.07. The fraction of sp³-hybridized carbons (Fsp3) is 0.0909. The molecule has 2 heterocycles. The molecule has 4 aromatic rings. The lowest BCUT2D eigenvalue weighted by Crippen LogP contribution is -2.27. The van der Waals surface area contributed by atoms with Crippen molar-refractivity contribution in [2.24, 2.45) is 5.73 Å². The predicted molar refractivity (Wildman–Crippen MR) is 110 cm³/mol. The fourth-order valence-corrected chi connectivity index (χ4v) is 3.07. The Hall–Kier alpha value is -4.02. The van der Waals surface area contributed by atoms with E-state index in [0.717, 1.165) is 16.8 Å². The minimum atomic E-state index is -0.255. The topological polar surface area (TPSA) is 100 Å². The molecule has 0 saturated carbocycles. The average molecular weight is 382 g/mol. The lowest BCUT2D eigenvalue weighted by atomic mass is 10.1. The van der Waals surface area contributed by atoms with Crippen molar-refractivity contribution < 1.29 is 4.79 Å². The summed E-state index contributed by atoms with van der Waals surface area (Å²) in [6.07, 6.45) is 5.03. The molecule has 0 radical (unpaired) electrons. The average Bonchev–Trinajstić information content (AvgIpc) is 3.21. The number of amides is 1. The second-order valence-electron chi connectivity index (χ2n) is 6.57. The van der Waals surface area contributed by atoms with E-state index in [9.17, 15) is 4.79 Å². The van der Waals surface area contributed by atoms with Crippen LogP contribution >= 0.6 is 0 Å². The van der Waals surface area contributed by atoms with Crippen molar-refractivity contribution in [2.75, 3.05) is 11.9 Å². The summed E-state index contributed by atoms with van der Waals surface area (Å²) in [6.45, 7) is 0.484. The summed E-state index contributed by atoms with van der Waals surface area (Å²) in [5, 5.41) is 8.93. The molecule has 0 atom stereocenters. The molecule has 0 spiro atoms. The maximum Gasteiger partial charge on any atom is 0.278 e. The number of nitrogens with two attached hydrogens (primary N) is 1. The van der Waals surface area contributed by atoms with Crippen LogP contribution in [0.25, 0.3) is 16.9 Å². The second kappa shape index (κ2) is 7.54. The van der Waals surface area contributed by atoms with Gasteiger partial charge >= 0.3 is 0 Å². The number of aromatic nitrogens is 3. The van der Waals surface area contributed by atoms with Gasteiger partial charge in [-0.05, 0) is 29.8 Å². The Bertz CT molecular complexity index is 1220. The van der Waals surface area contributed by atoms with Crippen LogP contribution in [0.3, 0.4) is 0 Å². The van der Waals surface area contributed by atoms with Gasteiger partial charge in [-0.2, -0.15) is 5.26 Å². The summed E-state index contributed by atoms with van der Waals surface area (Å²) in [5.74, 6) is -0.255. The quantitative estimate of drug-likeness (QED) is 0.585. The first-order chi connectivity index (χ1) is 14.1. The van der Waals surface area contributed by atoms with Gasteiger partial charge in [0.15, 0.2) is 5.65 Å². The number of anilines is 1. The number of fused-ring (bicyclic) bond motifs is 1. The van der Waals surface area contributed by atoms with E-state index in [-0.39, 0.29) is 5.91 Å². The highest BCUT2D eigenvalue weighted by atomic mass is 16.2. The summed E-state index contributed by atoms with van der Waals surface area (Å²) >= 11 is 0. The number of carbonyl (C=O) groups excluding carboxylic acids is 1. The Labute approximate surface area is 167 Å². The molecule has 4 rings (SSSR count). The second-order valence-corrected chi connectivity index (χ2v) is 6.57. The molecule has 2 aromatic heterocycles. The summed E-state index contributed by atoms with van der Waals surface area (Å²) < 4.78 is 1.85. The smallest absolute Gasteiger partial charge is 0.278 e. The molecule has 0 saturated heterocycles. The first-order valence-corrected chi connectivity index (χ1v) is 9.01. The third kappa shape index (κ3) is 3.45. The minimum Gasteiger partial charge on any atom is -0.326 e. The molecule has 0 bridgehead atoms. The van der Waals surface area contributed by atoms with Crippen molar-refractivity contribution in [2.45, 2.75) is 6.54 Å². The molecule has 7 heteroatoms. The Balaban J connectivity index is 1.68. The number of hydrogen-bond acceptors (Lipinski definition) is 5. The monoisotopic (exact) mass is 382 g/mol. The van der Waals surface area contributed by atoms with Gasteiger partial charge in [0.1, 0.15) is 5.69 Å². The molecule has 0 aliphatic rings. The van der Waals surface area contributed by atoms with Gasteiger partial charge in [0.2, 0.25) is 0 Å². The van der Waals surface area contributed by atoms with Crippen molar-refractivity contribution in [1.29, 1.82) is 5.26 Å². The van der Waals surface area contributed by atoms with E-state index < -0.39 is 0 Å². The van der Waals surface area contributed by atoms with Crippen LogP contribution in [0.4, 0.5) is 5.69 Å². The van der Waals surface area contributed by atoms with Gasteiger partial charge in [-0.15, -0.1) is 0 Å². The number of imidazole rings is 1. The van der Waals surface area contributed by atoms with Crippen LogP contribution in [0, 0.1) is 11.3 Å². The molecule has 0 aliphatic heterocycles. The van der Waals surface area contributed by atoms with E-state index in [1.165, 1.54) is 4.90 Å². The van der Waals surface area contributed by atoms with Gasteiger partial charge in [-0.1, -0.05) is 24.3 Å². The minimum absolute atomic E-state index is 0.255. The van der Waals surface area contributed by atoms with E-state index in [2.05, 4.69) is 16.0 Å². The Kier molecular flexibility index (Phi) is 4.77. The lowest BCUT2D eigenvalue weighted by molar-refractivity contribution is 0.0988. The first-order valence-electron chi connectivity index (χ1n) is 9.01. The van der Waals surface area contributed by atoms with Gasteiger partial charge in [-0.3, -0.25) is 9.20 Å².